The Morgan fingerprint density at radius 1 is 1.25 bits per heavy atom. The average molecular weight is 562 g/mol. The van der Waals surface area contributed by atoms with Crippen molar-refractivity contribution in [3.05, 3.63) is 25.3 Å². The Morgan fingerprint density at radius 3 is 2.55 bits per heavy atom. The number of nitrogens with zero attached hydrogens (tertiary/aromatic N) is 3. The van der Waals surface area contributed by atoms with E-state index in [1.807, 2.05) is 27.7 Å². The van der Waals surface area contributed by atoms with Gasteiger partial charge in [-0.3, -0.25) is 19.3 Å². The number of esters is 1. The summed E-state index contributed by atoms with van der Waals surface area (Å²) in [5.74, 6) is -2.71. The fourth-order valence-electron chi connectivity index (χ4n) is 7.47. The smallest absolute Gasteiger partial charge is 0.313 e. The summed E-state index contributed by atoms with van der Waals surface area (Å²) in [5, 5.41) is 10.5. The second-order valence-electron chi connectivity index (χ2n) is 12.4. The highest BCUT2D eigenvalue weighted by Crippen LogP contribution is 2.65. The number of morpholine rings is 1. The maximum atomic E-state index is 14.6. The standard InChI is InChI=1S/C30H47N3O7/c1-7-9-32(11-10-31-12-15-38-16-13-31)27(36)25-30-18-21(5)29(6,40-30)24(28(37)39-14-8-2)23(30)26(35)33(25)22(19-34)17-20(3)4/h7-8,20-25,34H,1-2,9-19H2,3-6H3/t21?,22-,23+,24+,25?,29-,30?/m1/s1. The quantitative estimate of drug-likeness (QED) is 0.266. The van der Waals surface area contributed by atoms with E-state index < -0.39 is 41.1 Å². The number of carbonyl (C=O) groups is 3. The molecule has 40 heavy (non-hydrogen) atoms. The molecule has 7 atom stereocenters. The second-order valence-corrected chi connectivity index (χ2v) is 12.4. The Kier molecular flexibility index (Phi) is 9.44. The number of carbonyl (C=O) groups excluding carboxylic acids is 3. The van der Waals surface area contributed by atoms with Crippen molar-refractivity contribution in [1.29, 1.82) is 0 Å². The number of hydrogen-bond donors (Lipinski definition) is 1. The zero-order valence-electron chi connectivity index (χ0n) is 24.5. The van der Waals surface area contributed by atoms with Crippen molar-refractivity contribution in [3.8, 4) is 0 Å². The van der Waals surface area contributed by atoms with E-state index in [0.29, 0.717) is 45.7 Å². The lowest BCUT2D eigenvalue weighted by Crippen LogP contribution is -2.59. The SMILES string of the molecule is C=CCOC(=O)[C@@H]1[C@H]2C(=O)N([C@@H](CO)CC(C)C)C(C(=O)N(CC=C)CCN3CCOCC3)C23CC(C)[C@@]1(C)O3. The molecule has 0 aromatic rings. The molecule has 1 N–H and O–H groups in total. The third kappa shape index (κ3) is 5.24. The topological polar surface area (TPSA) is 109 Å². The zero-order valence-corrected chi connectivity index (χ0v) is 24.5. The Labute approximate surface area is 238 Å². The van der Waals surface area contributed by atoms with Crippen LogP contribution in [0.4, 0.5) is 0 Å². The van der Waals surface area contributed by atoms with Gasteiger partial charge in [-0.25, -0.2) is 0 Å². The summed E-state index contributed by atoms with van der Waals surface area (Å²) >= 11 is 0. The number of ether oxygens (including phenoxy) is 3. The van der Waals surface area contributed by atoms with Crippen LogP contribution in [-0.4, -0.2) is 120 Å². The molecule has 4 rings (SSSR count). The number of aliphatic hydroxyl groups excluding tert-OH is 1. The van der Waals surface area contributed by atoms with Crippen LogP contribution in [0.3, 0.4) is 0 Å². The molecule has 2 bridgehead atoms. The molecule has 0 aromatic heterocycles. The molecule has 3 unspecified atom stereocenters. The maximum Gasteiger partial charge on any atom is 0.313 e. The molecule has 4 aliphatic heterocycles. The van der Waals surface area contributed by atoms with E-state index in [4.69, 9.17) is 14.2 Å². The summed E-state index contributed by atoms with van der Waals surface area (Å²) in [6, 6.07) is -1.55. The molecule has 1 spiro atoms. The number of fused-ring (bicyclic) bond motifs is 1. The predicted molar refractivity (Wildman–Crippen MR) is 149 cm³/mol. The van der Waals surface area contributed by atoms with Crippen LogP contribution in [0, 0.1) is 23.7 Å². The molecule has 10 nitrogen and oxygen atoms in total. The number of likely N-dealkylation sites (tertiary alicyclic amines) is 1. The van der Waals surface area contributed by atoms with E-state index in [2.05, 4.69) is 18.1 Å². The number of aliphatic hydroxyl groups is 1. The summed E-state index contributed by atoms with van der Waals surface area (Å²) in [6.45, 7) is 19.5. The number of hydrogen-bond acceptors (Lipinski definition) is 8. The number of amides is 2. The fraction of sp³-hybridized carbons (Fsp3) is 0.767. The minimum Gasteiger partial charge on any atom is -0.461 e. The van der Waals surface area contributed by atoms with E-state index in [0.717, 1.165) is 13.1 Å². The van der Waals surface area contributed by atoms with Gasteiger partial charge in [-0.1, -0.05) is 39.5 Å². The first-order valence-corrected chi connectivity index (χ1v) is 14.7. The molecule has 0 aliphatic carbocycles. The number of rotatable bonds is 13. The van der Waals surface area contributed by atoms with Crippen LogP contribution < -0.4 is 0 Å². The van der Waals surface area contributed by atoms with Gasteiger partial charge in [0.2, 0.25) is 11.8 Å². The highest BCUT2D eigenvalue weighted by atomic mass is 16.6. The first-order valence-electron chi connectivity index (χ1n) is 14.7. The van der Waals surface area contributed by atoms with Gasteiger partial charge in [-0.15, -0.1) is 6.58 Å². The van der Waals surface area contributed by atoms with E-state index in [1.54, 1.807) is 15.9 Å². The lowest BCUT2D eigenvalue weighted by molar-refractivity contribution is -0.163. The monoisotopic (exact) mass is 561 g/mol. The van der Waals surface area contributed by atoms with Crippen LogP contribution in [0.2, 0.25) is 0 Å². The van der Waals surface area contributed by atoms with Crippen LogP contribution in [0.1, 0.15) is 40.5 Å². The minimum absolute atomic E-state index is 0.0288. The third-order valence-corrected chi connectivity index (χ3v) is 9.38. The molecular weight excluding hydrogens is 514 g/mol. The van der Waals surface area contributed by atoms with Crippen molar-refractivity contribution in [2.75, 3.05) is 59.2 Å². The van der Waals surface area contributed by atoms with Crippen LogP contribution in [0.5, 0.6) is 0 Å². The summed E-state index contributed by atoms with van der Waals surface area (Å²) < 4.78 is 17.7. The highest BCUT2D eigenvalue weighted by Gasteiger charge is 2.80. The van der Waals surface area contributed by atoms with Crippen LogP contribution in [-0.2, 0) is 28.6 Å². The molecule has 4 aliphatic rings. The van der Waals surface area contributed by atoms with Gasteiger partial charge in [0.05, 0.1) is 37.4 Å². The molecule has 2 amide bonds. The first kappa shape index (κ1) is 30.7. The van der Waals surface area contributed by atoms with Gasteiger partial charge in [-0.2, -0.15) is 0 Å². The van der Waals surface area contributed by atoms with Gasteiger partial charge in [0, 0.05) is 32.7 Å². The molecule has 224 valence electrons. The summed E-state index contributed by atoms with van der Waals surface area (Å²) in [4.78, 5) is 48.0. The molecule has 10 heteroatoms. The Bertz CT molecular complexity index is 982. The van der Waals surface area contributed by atoms with E-state index >= 15 is 0 Å². The van der Waals surface area contributed by atoms with Crippen molar-refractivity contribution >= 4 is 17.8 Å². The van der Waals surface area contributed by atoms with Crippen molar-refractivity contribution < 1.29 is 33.7 Å². The van der Waals surface area contributed by atoms with E-state index in [-0.39, 0.29) is 36.9 Å². The Balaban J connectivity index is 1.74. The normalized spacial score (nSPS) is 34.1. The third-order valence-electron chi connectivity index (χ3n) is 9.38. The van der Waals surface area contributed by atoms with Gasteiger partial charge < -0.3 is 29.1 Å². The summed E-state index contributed by atoms with van der Waals surface area (Å²) in [7, 11) is 0. The Hall–Kier alpha value is -2.27. The molecule has 0 radical (unpaired) electrons. The highest BCUT2D eigenvalue weighted by molar-refractivity contribution is 5.98. The summed E-state index contributed by atoms with van der Waals surface area (Å²) in [5.41, 5.74) is -2.14. The van der Waals surface area contributed by atoms with E-state index in [9.17, 15) is 19.5 Å². The minimum atomic E-state index is -1.19. The Morgan fingerprint density at radius 2 is 1.95 bits per heavy atom. The average Bonchev–Trinajstić information content (AvgIpc) is 3.45. The van der Waals surface area contributed by atoms with Crippen molar-refractivity contribution in [2.24, 2.45) is 23.7 Å². The fourth-order valence-corrected chi connectivity index (χ4v) is 7.47. The first-order chi connectivity index (χ1) is 19.0. The van der Waals surface area contributed by atoms with Crippen molar-refractivity contribution in [3.63, 3.8) is 0 Å². The molecule has 4 saturated heterocycles. The molecule has 4 fully saturated rings. The zero-order chi connectivity index (χ0) is 29.2. The van der Waals surface area contributed by atoms with Gasteiger partial charge in [0.15, 0.2) is 0 Å². The largest absolute Gasteiger partial charge is 0.461 e. The van der Waals surface area contributed by atoms with Crippen LogP contribution >= 0.6 is 0 Å². The second kappa shape index (κ2) is 12.3. The maximum absolute atomic E-state index is 14.6. The van der Waals surface area contributed by atoms with Crippen molar-refractivity contribution in [1.82, 2.24) is 14.7 Å². The van der Waals surface area contributed by atoms with Gasteiger partial charge in [0.25, 0.3) is 0 Å². The van der Waals surface area contributed by atoms with Crippen LogP contribution in [0.15, 0.2) is 25.3 Å². The molecular formula is C30H47N3O7. The van der Waals surface area contributed by atoms with Crippen molar-refractivity contribution in [2.45, 2.75) is 63.8 Å². The molecule has 4 heterocycles. The lowest BCUT2D eigenvalue weighted by Gasteiger charge is -2.40. The molecule has 0 saturated carbocycles. The van der Waals surface area contributed by atoms with Gasteiger partial charge in [-0.05, 0) is 31.6 Å². The lowest BCUT2D eigenvalue weighted by atomic mass is 9.62. The molecule has 0 aromatic carbocycles. The summed E-state index contributed by atoms with van der Waals surface area (Å²) in [6.07, 6.45) is 4.16. The van der Waals surface area contributed by atoms with Crippen LogP contribution in [0.25, 0.3) is 0 Å². The van der Waals surface area contributed by atoms with Gasteiger partial charge >= 0.3 is 5.97 Å². The van der Waals surface area contributed by atoms with Gasteiger partial charge in [0.1, 0.15) is 24.2 Å². The van der Waals surface area contributed by atoms with E-state index in [1.165, 1.54) is 6.08 Å². The predicted octanol–water partition coefficient (Wildman–Crippen LogP) is 1.48.